The van der Waals surface area contributed by atoms with Crippen molar-refractivity contribution in [2.24, 2.45) is 0 Å². The van der Waals surface area contributed by atoms with Crippen LogP contribution >= 0.6 is 11.6 Å². The molecule has 0 heterocycles. The summed E-state index contributed by atoms with van der Waals surface area (Å²) in [6.07, 6.45) is -4.82. The van der Waals surface area contributed by atoms with Crippen LogP contribution in [0.15, 0.2) is 47.4 Å². The van der Waals surface area contributed by atoms with Gasteiger partial charge in [-0.25, -0.2) is 12.8 Å². The molecule has 1 unspecified atom stereocenters. The number of halogens is 5. The molecule has 2 aromatic rings. The molecule has 0 aliphatic rings. The third kappa shape index (κ3) is 5.43. The van der Waals surface area contributed by atoms with Crippen LogP contribution in [-0.2, 0) is 21.0 Å². The average Bonchev–Trinajstić information content (AvgIpc) is 2.60. The van der Waals surface area contributed by atoms with Crippen LogP contribution in [-0.4, -0.2) is 20.4 Å². The molecule has 0 saturated heterocycles. The lowest BCUT2D eigenvalue weighted by Crippen LogP contribution is -2.43. The van der Waals surface area contributed by atoms with Gasteiger partial charge in [0.25, 0.3) is 0 Å². The van der Waals surface area contributed by atoms with Gasteiger partial charge >= 0.3 is 6.18 Å². The fourth-order valence-electron chi connectivity index (χ4n) is 2.27. The van der Waals surface area contributed by atoms with Gasteiger partial charge in [0.05, 0.1) is 16.1 Å². The lowest BCUT2D eigenvalue weighted by atomic mass is 10.1. The zero-order valence-electron chi connectivity index (χ0n) is 14.3. The van der Waals surface area contributed by atoms with Crippen LogP contribution < -0.4 is 10.0 Å². The van der Waals surface area contributed by atoms with E-state index in [4.69, 9.17) is 11.6 Å². The standard InChI is InChI=1S/C17H15ClF4N2O3S/c1-2-14(24-28(26,27)12-6-4-11(19)5-7-12)16(25)23-15-8-3-10(18)9-13(15)17(20,21)22/h3-9,14,24H,2H2,1H3,(H,23,25). The number of carbonyl (C=O) groups excluding carboxylic acids is 1. The van der Waals surface area contributed by atoms with E-state index in [1.165, 1.54) is 6.92 Å². The Labute approximate surface area is 163 Å². The second-order valence-electron chi connectivity index (χ2n) is 5.71. The van der Waals surface area contributed by atoms with Crippen LogP contribution in [0.2, 0.25) is 5.02 Å². The highest BCUT2D eigenvalue weighted by atomic mass is 35.5. The highest BCUT2D eigenvalue weighted by Gasteiger charge is 2.35. The minimum absolute atomic E-state index is 0.0405. The normalized spacial score (nSPS) is 13.2. The van der Waals surface area contributed by atoms with Crippen LogP contribution in [0.1, 0.15) is 18.9 Å². The van der Waals surface area contributed by atoms with Crippen molar-refractivity contribution in [3.05, 3.63) is 58.9 Å². The predicted molar refractivity (Wildman–Crippen MR) is 95.9 cm³/mol. The van der Waals surface area contributed by atoms with E-state index in [0.717, 1.165) is 36.4 Å². The number of rotatable bonds is 6. The van der Waals surface area contributed by atoms with E-state index in [9.17, 15) is 30.8 Å². The zero-order valence-corrected chi connectivity index (χ0v) is 15.9. The van der Waals surface area contributed by atoms with E-state index in [2.05, 4.69) is 10.0 Å². The number of alkyl halides is 3. The molecule has 0 aromatic heterocycles. The van der Waals surface area contributed by atoms with Crippen LogP contribution in [0.3, 0.4) is 0 Å². The minimum Gasteiger partial charge on any atom is -0.324 e. The molecule has 0 radical (unpaired) electrons. The number of anilines is 1. The fraction of sp³-hybridized carbons (Fsp3) is 0.235. The van der Waals surface area contributed by atoms with Gasteiger partial charge in [0.15, 0.2) is 0 Å². The van der Waals surface area contributed by atoms with E-state index >= 15 is 0 Å². The Hall–Kier alpha value is -2.17. The Morgan fingerprint density at radius 1 is 1.14 bits per heavy atom. The van der Waals surface area contributed by atoms with Crippen LogP contribution in [0, 0.1) is 5.82 Å². The molecule has 1 amide bonds. The summed E-state index contributed by atoms with van der Waals surface area (Å²) in [7, 11) is -4.19. The summed E-state index contributed by atoms with van der Waals surface area (Å²) in [5, 5.41) is 1.90. The number of nitrogens with one attached hydrogen (secondary N) is 2. The maximum atomic E-state index is 13.1. The molecule has 5 nitrogen and oxygen atoms in total. The van der Waals surface area contributed by atoms with Gasteiger partial charge < -0.3 is 5.32 Å². The predicted octanol–water partition coefficient (Wildman–Crippen LogP) is 4.19. The molecule has 2 rings (SSSR count). The summed E-state index contributed by atoms with van der Waals surface area (Å²) < 4.78 is 79.1. The summed E-state index contributed by atoms with van der Waals surface area (Å²) in [6.45, 7) is 1.48. The lowest BCUT2D eigenvalue weighted by molar-refractivity contribution is -0.137. The van der Waals surface area contributed by atoms with Crippen molar-refractivity contribution in [2.45, 2.75) is 30.5 Å². The molecule has 1 atom stereocenters. The second kappa shape index (κ2) is 8.46. The Bertz CT molecular complexity index is 963. The number of benzene rings is 2. The molecule has 2 N–H and O–H groups in total. The first kappa shape index (κ1) is 22.1. The first-order valence-corrected chi connectivity index (χ1v) is 9.75. The van der Waals surface area contributed by atoms with Crippen molar-refractivity contribution in [1.29, 1.82) is 0 Å². The third-order valence-electron chi connectivity index (χ3n) is 3.69. The number of carbonyl (C=O) groups is 1. The van der Waals surface area contributed by atoms with E-state index in [1.807, 2.05) is 0 Å². The Morgan fingerprint density at radius 3 is 2.29 bits per heavy atom. The first-order valence-electron chi connectivity index (χ1n) is 7.89. The molecule has 0 bridgehead atoms. The van der Waals surface area contributed by atoms with Crippen LogP contribution in [0.25, 0.3) is 0 Å². The molecule has 0 aliphatic heterocycles. The number of amides is 1. The van der Waals surface area contributed by atoms with E-state index in [-0.39, 0.29) is 16.3 Å². The Morgan fingerprint density at radius 2 is 1.75 bits per heavy atom. The van der Waals surface area contributed by atoms with Crippen molar-refractivity contribution >= 4 is 33.2 Å². The second-order valence-corrected chi connectivity index (χ2v) is 7.86. The van der Waals surface area contributed by atoms with Gasteiger partial charge in [-0.2, -0.15) is 17.9 Å². The van der Waals surface area contributed by atoms with Crippen molar-refractivity contribution in [3.63, 3.8) is 0 Å². The number of sulfonamides is 1. The molecule has 2 aromatic carbocycles. The van der Waals surface area contributed by atoms with Gasteiger partial charge in [0.1, 0.15) is 11.9 Å². The maximum Gasteiger partial charge on any atom is 0.418 e. The summed E-state index contributed by atoms with van der Waals surface area (Å²) in [4.78, 5) is 12.1. The van der Waals surface area contributed by atoms with Gasteiger partial charge in [0.2, 0.25) is 15.9 Å². The monoisotopic (exact) mass is 438 g/mol. The van der Waals surface area contributed by atoms with Gasteiger partial charge in [-0.05, 0) is 48.9 Å². The molecule has 0 saturated carbocycles. The highest BCUT2D eigenvalue weighted by Crippen LogP contribution is 2.36. The number of hydrogen-bond donors (Lipinski definition) is 2. The third-order valence-corrected chi connectivity index (χ3v) is 5.41. The summed E-state index contributed by atoms with van der Waals surface area (Å²) in [5.74, 6) is -1.63. The van der Waals surface area contributed by atoms with Crippen LogP contribution in [0.5, 0.6) is 0 Å². The maximum absolute atomic E-state index is 13.1. The van der Waals surface area contributed by atoms with E-state index < -0.39 is 45.2 Å². The Balaban J connectivity index is 2.24. The number of hydrogen-bond acceptors (Lipinski definition) is 3. The van der Waals surface area contributed by atoms with E-state index in [1.54, 1.807) is 0 Å². The molecule has 0 fully saturated rings. The minimum atomic E-state index is -4.77. The zero-order chi connectivity index (χ0) is 21.1. The van der Waals surface area contributed by atoms with E-state index in [0.29, 0.717) is 6.07 Å². The highest BCUT2D eigenvalue weighted by molar-refractivity contribution is 7.89. The molecule has 0 spiro atoms. The van der Waals surface area contributed by atoms with Crippen molar-refractivity contribution in [1.82, 2.24) is 4.72 Å². The van der Waals surface area contributed by atoms with Crippen molar-refractivity contribution in [3.8, 4) is 0 Å². The molecule has 0 aliphatic carbocycles. The van der Waals surface area contributed by atoms with Gasteiger partial charge in [0, 0.05) is 5.02 Å². The summed E-state index contributed by atoms with van der Waals surface area (Å²) in [5.41, 5.74) is -1.72. The van der Waals surface area contributed by atoms with Gasteiger partial charge in [-0.1, -0.05) is 18.5 Å². The summed E-state index contributed by atoms with van der Waals surface area (Å²) in [6, 6.07) is 5.30. The molecule has 28 heavy (non-hydrogen) atoms. The Kier molecular flexibility index (Phi) is 6.68. The molecule has 11 heteroatoms. The smallest absolute Gasteiger partial charge is 0.324 e. The lowest BCUT2D eigenvalue weighted by Gasteiger charge is -2.19. The largest absolute Gasteiger partial charge is 0.418 e. The van der Waals surface area contributed by atoms with Crippen molar-refractivity contribution in [2.75, 3.05) is 5.32 Å². The molecule has 152 valence electrons. The van der Waals surface area contributed by atoms with Crippen LogP contribution in [0.4, 0.5) is 23.2 Å². The topological polar surface area (TPSA) is 75.3 Å². The van der Waals surface area contributed by atoms with Gasteiger partial charge in [-0.15, -0.1) is 0 Å². The first-order chi connectivity index (χ1) is 12.9. The summed E-state index contributed by atoms with van der Waals surface area (Å²) >= 11 is 5.58. The van der Waals surface area contributed by atoms with Gasteiger partial charge in [-0.3, -0.25) is 4.79 Å². The molecular formula is C17H15ClF4N2O3S. The SMILES string of the molecule is CCC(NS(=O)(=O)c1ccc(F)cc1)C(=O)Nc1ccc(Cl)cc1C(F)(F)F. The van der Waals surface area contributed by atoms with Crippen molar-refractivity contribution < 1.29 is 30.8 Å². The average molecular weight is 439 g/mol. The molecular weight excluding hydrogens is 424 g/mol. The fourth-order valence-corrected chi connectivity index (χ4v) is 3.72. The quantitative estimate of drug-likeness (QED) is 0.664.